The number of carbonyl (C=O) groups excluding carboxylic acids is 2. The van der Waals surface area contributed by atoms with Crippen LogP contribution in [0.25, 0.3) is 5.69 Å². The number of hydrogen-bond acceptors (Lipinski definition) is 5. The van der Waals surface area contributed by atoms with Crippen LogP contribution in [0.15, 0.2) is 54.6 Å². The van der Waals surface area contributed by atoms with E-state index < -0.39 is 11.9 Å². The Morgan fingerprint density at radius 1 is 1.03 bits per heavy atom. The highest BCUT2D eigenvalue weighted by molar-refractivity contribution is 5.92. The molecule has 0 bridgehead atoms. The Morgan fingerprint density at radius 3 is 2.57 bits per heavy atom. The van der Waals surface area contributed by atoms with Crippen LogP contribution in [0.3, 0.4) is 0 Å². The summed E-state index contributed by atoms with van der Waals surface area (Å²) in [4.78, 5) is 24.2. The molecule has 0 aliphatic heterocycles. The molecule has 0 spiro atoms. The molecule has 30 heavy (non-hydrogen) atoms. The van der Waals surface area contributed by atoms with E-state index in [2.05, 4.69) is 10.4 Å². The maximum absolute atomic E-state index is 12.2. The number of ether oxygens (including phenoxy) is 2. The molecular weight excluding hydrogens is 382 g/mol. The van der Waals surface area contributed by atoms with Crippen molar-refractivity contribution in [3.8, 4) is 11.4 Å². The molecule has 1 N–H and O–H groups in total. The van der Waals surface area contributed by atoms with Gasteiger partial charge < -0.3 is 14.8 Å². The summed E-state index contributed by atoms with van der Waals surface area (Å²) in [5.41, 5.74) is 3.66. The number of carbonyl (C=O) groups is 2. The van der Waals surface area contributed by atoms with E-state index in [9.17, 15) is 9.59 Å². The monoisotopic (exact) mass is 407 g/mol. The van der Waals surface area contributed by atoms with Gasteiger partial charge in [-0.1, -0.05) is 30.3 Å². The van der Waals surface area contributed by atoms with E-state index in [1.54, 1.807) is 10.7 Å². The van der Waals surface area contributed by atoms with Crippen molar-refractivity contribution in [3.63, 3.8) is 0 Å². The Kier molecular flexibility index (Phi) is 6.85. The van der Waals surface area contributed by atoms with Crippen molar-refractivity contribution >= 4 is 17.7 Å². The predicted molar refractivity (Wildman–Crippen MR) is 114 cm³/mol. The maximum atomic E-state index is 12.2. The molecule has 1 amide bonds. The van der Waals surface area contributed by atoms with Crippen LogP contribution in [-0.4, -0.2) is 34.9 Å². The first-order valence-corrected chi connectivity index (χ1v) is 9.70. The molecule has 7 heteroatoms. The van der Waals surface area contributed by atoms with E-state index in [1.165, 1.54) is 0 Å². The summed E-state index contributed by atoms with van der Waals surface area (Å²) >= 11 is 0. The summed E-state index contributed by atoms with van der Waals surface area (Å²) in [5, 5.41) is 7.12. The first-order chi connectivity index (χ1) is 14.4. The van der Waals surface area contributed by atoms with E-state index in [1.807, 2.05) is 69.3 Å². The summed E-state index contributed by atoms with van der Waals surface area (Å²) in [5.74, 6) is 0.321. The van der Waals surface area contributed by atoms with Crippen molar-refractivity contribution in [1.29, 1.82) is 0 Å². The van der Waals surface area contributed by atoms with Crippen molar-refractivity contribution in [2.24, 2.45) is 0 Å². The van der Waals surface area contributed by atoms with Gasteiger partial charge in [-0.25, -0.2) is 4.68 Å². The lowest BCUT2D eigenvalue weighted by molar-refractivity contribution is -0.147. The summed E-state index contributed by atoms with van der Waals surface area (Å²) in [6.45, 7) is 5.57. The zero-order chi connectivity index (χ0) is 21.5. The van der Waals surface area contributed by atoms with Crippen LogP contribution in [-0.2, 0) is 14.3 Å². The number of aryl methyl sites for hydroxylation is 3. The molecule has 0 atom stereocenters. The minimum absolute atomic E-state index is 0.0573. The smallest absolute Gasteiger partial charge is 0.309 e. The Labute approximate surface area is 175 Å². The van der Waals surface area contributed by atoms with Gasteiger partial charge in [-0.2, -0.15) is 5.10 Å². The molecular formula is C23H25N3O4. The number of aromatic nitrogens is 2. The first kappa shape index (κ1) is 21.1. The molecule has 156 valence electrons. The summed E-state index contributed by atoms with van der Waals surface area (Å²) in [7, 11) is 0. The van der Waals surface area contributed by atoms with Crippen LogP contribution in [0.4, 0.5) is 5.82 Å². The van der Waals surface area contributed by atoms with Crippen LogP contribution >= 0.6 is 0 Å². The molecule has 0 saturated heterocycles. The van der Waals surface area contributed by atoms with Crippen molar-refractivity contribution in [2.45, 2.75) is 27.2 Å². The fourth-order valence-electron chi connectivity index (χ4n) is 2.86. The number of esters is 1. The van der Waals surface area contributed by atoms with E-state index in [0.29, 0.717) is 5.82 Å². The fraction of sp³-hybridized carbons (Fsp3) is 0.261. The van der Waals surface area contributed by atoms with Gasteiger partial charge in [0.1, 0.15) is 11.6 Å². The van der Waals surface area contributed by atoms with Crippen molar-refractivity contribution in [2.75, 3.05) is 18.5 Å². The number of benzene rings is 2. The van der Waals surface area contributed by atoms with Crippen LogP contribution < -0.4 is 10.1 Å². The SMILES string of the molecule is Cc1ccc(C)c(OCCC(=O)OCC(=O)Nc2cc(C)nn2-c2ccccc2)c1. The molecule has 0 aliphatic rings. The normalized spacial score (nSPS) is 10.5. The molecule has 1 heterocycles. The molecule has 0 fully saturated rings. The molecule has 2 aromatic carbocycles. The minimum Gasteiger partial charge on any atom is -0.493 e. The molecule has 0 aliphatic carbocycles. The molecule has 0 unspecified atom stereocenters. The fourth-order valence-corrected chi connectivity index (χ4v) is 2.86. The van der Waals surface area contributed by atoms with E-state index >= 15 is 0 Å². The summed E-state index contributed by atoms with van der Waals surface area (Å²) in [6, 6.07) is 17.1. The Balaban J connectivity index is 1.47. The van der Waals surface area contributed by atoms with Gasteiger partial charge >= 0.3 is 5.97 Å². The number of rotatable bonds is 8. The number of para-hydroxylation sites is 1. The third-order valence-electron chi connectivity index (χ3n) is 4.37. The van der Waals surface area contributed by atoms with Crippen LogP contribution in [0.5, 0.6) is 5.75 Å². The van der Waals surface area contributed by atoms with Gasteiger partial charge in [0.15, 0.2) is 6.61 Å². The quantitative estimate of drug-likeness (QED) is 0.575. The van der Waals surface area contributed by atoms with Crippen molar-refractivity contribution < 1.29 is 19.1 Å². The number of anilines is 1. The van der Waals surface area contributed by atoms with Crippen LogP contribution in [0, 0.1) is 20.8 Å². The standard InChI is InChI=1S/C23H25N3O4/c1-16-9-10-17(2)20(13-16)29-12-11-23(28)30-15-22(27)24-21-14-18(3)25-26(21)19-7-5-4-6-8-19/h4-10,13-14H,11-12,15H2,1-3H3,(H,24,27). The summed E-state index contributed by atoms with van der Waals surface area (Å²) in [6.07, 6.45) is 0.0573. The van der Waals surface area contributed by atoms with Crippen LogP contribution in [0.2, 0.25) is 0 Å². The lowest BCUT2D eigenvalue weighted by Gasteiger charge is -2.11. The number of amides is 1. The van der Waals surface area contributed by atoms with Crippen molar-refractivity contribution in [3.05, 3.63) is 71.4 Å². The molecule has 3 aromatic rings. The molecule has 1 aromatic heterocycles. The van der Waals surface area contributed by atoms with Gasteiger partial charge in [0, 0.05) is 6.07 Å². The largest absolute Gasteiger partial charge is 0.493 e. The highest BCUT2D eigenvalue weighted by Crippen LogP contribution is 2.19. The number of nitrogens with one attached hydrogen (secondary N) is 1. The maximum Gasteiger partial charge on any atom is 0.309 e. The van der Waals surface area contributed by atoms with E-state index in [4.69, 9.17) is 9.47 Å². The highest BCUT2D eigenvalue weighted by atomic mass is 16.5. The Hall–Kier alpha value is -3.61. The number of nitrogens with zero attached hydrogens (tertiary/aromatic N) is 2. The lowest BCUT2D eigenvalue weighted by atomic mass is 10.1. The van der Waals surface area contributed by atoms with Crippen molar-refractivity contribution in [1.82, 2.24) is 9.78 Å². The predicted octanol–water partition coefficient (Wildman–Crippen LogP) is 3.75. The Morgan fingerprint density at radius 2 is 1.80 bits per heavy atom. The van der Waals surface area contributed by atoms with Gasteiger partial charge in [-0.3, -0.25) is 9.59 Å². The molecule has 0 radical (unpaired) electrons. The summed E-state index contributed by atoms with van der Waals surface area (Å²) < 4.78 is 12.3. The Bertz CT molecular complexity index is 1030. The van der Waals surface area contributed by atoms with Gasteiger partial charge in [-0.15, -0.1) is 0 Å². The second kappa shape index (κ2) is 9.73. The third kappa shape index (κ3) is 5.70. The highest BCUT2D eigenvalue weighted by Gasteiger charge is 2.13. The third-order valence-corrected chi connectivity index (χ3v) is 4.37. The average molecular weight is 407 g/mol. The van der Waals surface area contributed by atoms with Gasteiger partial charge in [0.25, 0.3) is 5.91 Å². The van der Waals surface area contributed by atoms with Gasteiger partial charge in [0.2, 0.25) is 0 Å². The lowest BCUT2D eigenvalue weighted by Crippen LogP contribution is -2.23. The second-order valence-electron chi connectivity index (χ2n) is 6.99. The number of hydrogen-bond donors (Lipinski definition) is 1. The zero-order valence-electron chi connectivity index (χ0n) is 17.3. The molecule has 0 saturated carbocycles. The van der Waals surface area contributed by atoms with Crippen LogP contribution in [0.1, 0.15) is 23.2 Å². The molecule has 3 rings (SSSR count). The molecule has 7 nitrogen and oxygen atoms in total. The average Bonchev–Trinajstić information content (AvgIpc) is 3.09. The van der Waals surface area contributed by atoms with Gasteiger partial charge in [-0.05, 0) is 50.1 Å². The second-order valence-corrected chi connectivity index (χ2v) is 6.99. The van der Waals surface area contributed by atoms with E-state index in [-0.39, 0.29) is 19.6 Å². The van der Waals surface area contributed by atoms with E-state index in [0.717, 1.165) is 28.3 Å². The first-order valence-electron chi connectivity index (χ1n) is 9.70. The zero-order valence-corrected chi connectivity index (χ0v) is 17.3. The minimum atomic E-state index is -0.497. The van der Waals surface area contributed by atoms with Gasteiger partial charge in [0.05, 0.1) is 24.4 Å². The topological polar surface area (TPSA) is 82.4 Å².